The number of benzene rings is 4. The van der Waals surface area contributed by atoms with Crippen molar-refractivity contribution in [2.45, 2.75) is 19.4 Å². The van der Waals surface area contributed by atoms with Gasteiger partial charge in [0.25, 0.3) is 0 Å². The maximum atomic E-state index is 12.8. The van der Waals surface area contributed by atoms with Gasteiger partial charge in [-0.3, -0.25) is 0 Å². The van der Waals surface area contributed by atoms with E-state index in [-0.39, 0.29) is 12.1 Å². The molecule has 1 atom stereocenters. The number of hydrogen-bond acceptors (Lipinski definition) is 2. The van der Waals surface area contributed by atoms with E-state index < -0.39 is 24.4 Å². The van der Waals surface area contributed by atoms with E-state index in [1.54, 1.807) is 0 Å². The van der Waals surface area contributed by atoms with Crippen molar-refractivity contribution < 1.29 is 28.8 Å². The Morgan fingerprint density at radius 2 is 1.09 bits per heavy atom. The quantitative estimate of drug-likeness (QED) is 0.158. The van der Waals surface area contributed by atoms with Gasteiger partial charge in [0.2, 0.25) is 0 Å². The zero-order valence-corrected chi connectivity index (χ0v) is 22.1. The Hall–Kier alpha value is -2.74. The van der Waals surface area contributed by atoms with Gasteiger partial charge in [-0.05, 0) is 0 Å². The van der Waals surface area contributed by atoms with Crippen LogP contribution in [0.4, 0.5) is 0 Å². The Labute approximate surface area is 210 Å². The van der Waals surface area contributed by atoms with Gasteiger partial charge in [-0.2, -0.15) is 0 Å². The molecule has 0 radical (unpaired) electrons. The predicted molar refractivity (Wildman–Crippen MR) is 139 cm³/mol. The van der Waals surface area contributed by atoms with Crippen molar-refractivity contribution in [1.29, 1.82) is 0 Å². The molecule has 4 heteroatoms. The molecule has 0 fully saturated rings. The average Bonchev–Trinajstić information content (AvgIpc) is 3.16. The second-order valence-corrected chi connectivity index (χ2v) is 19.0. The third kappa shape index (κ3) is 4.48. The van der Waals surface area contributed by atoms with Gasteiger partial charge in [0.1, 0.15) is 0 Å². The zero-order chi connectivity index (χ0) is 23.4. The summed E-state index contributed by atoms with van der Waals surface area (Å²) in [6.45, 7) is 1.96. The Morgan fingerprint density at radius 1 is 0.676 bits per heavy atom. The summed E-state index contributed by atoms with van der Waals surface area (Å²) in [5, 5.41) is 1.73. The van der Waals surface area contributed by atoms with Crippen LogP contribution in [-0.4, -0.2) is 12.1 Å². The van der Waals surface area contributed by atoms with Gasteiger partial charge >= 0.3 is 211 Å². The first-order chi connectivity index (χ1) is 16.7. The third-order valence-corrected chi connectivity index (χ3v) is 21.0. The van der Waals surface area contributed by atoms with Crippen LogP contribution in [0.25, 0.3) is 0 Å². The van der Waals surface area contributed by atoms with E-state index >= 15 is 0 Å². The molecule has 4 aromatic rings. The van der Waals surface area contributed by atoms with Gasteiger partial charge in [0, 0.05) is 0 Å². The molecule has 0 aromatic heterocycles. The van der Waals surface area contributed by atoms with Crippen molar-refractivity contribution >= 4 is 27.0 Å². The van der Waals surface area contributed by atoms with Crippen LogP contribution in [0.5, 0.6) is 0 Å². The molecule has 1 aliphatic heterocycles. The molecule has 0 amide bonds. The summed E-state index contributed by atoms with van der Waals surface area (Å²) >= 11 is -0.437. The monoisotopic (exact) mass is 647 g/mol. The number of hydrogen-bond donors (Lipinski definition) is 0. The van der Waals surface area contributed by atoms with E-state index in [4.69, 9.17) is 4.74 Å². The Kier molecular flexibility index (Phi) is 6.94. The van der Waals surface area contributed by atoms with Gasteiger partial charge in [-0.25, -0.2) is 0 Å². The number of carbonyl (C=O) groups is 1. The van der Waals surface area contributed by atoms with Gasteiger partial charge in [-0.1, -0.05) is 0 Å². The molecule has 2 nitrogen and oxygen atoms in total. The summed E-state index contributed by atoms with van der Waals surface area (Å²) < 4.78 is 7.21. The van der Waals surface area contributed by atoms with E-state index in [0.717, 1.165) is 12.0 Å². The molecule has 34 heavy (non-hydrogen) atoms. The molecule has 5 rings (SSSR count). The van der Waals surface area contributed by atoms with Crippen LogP contribution in [0.2, 0.25) is 0 Å². The summed E-state index contributed by atoms with van der Waals surface area (Å²) in [6.07, 6.45) is 0.526. The molecular weight excluding hydrogens is 620 g/mol. The van der Waals surface area contributed by atoms with Crippen LogP contribution in [-0.2, 0) is 35.2 Å². The summed E-state index contributed by atoms with van der Waals surface area (Å²) in [6, 6.07) is 43.1. The van der Waals surface area contributed by atoms with Crippen molar-refractivity contribution in [2.75, 3.05) is 0 Å². The van der Waals surface area contributed by atoms with Crippen LogP contribution < -0.4 is 15.9 Å². The second kappa shape index (κ2) is 10.3. The number of cyclic esters (lactones) is 1. The first-order valence-corrected chi connectivity index (χ1v) is 17.5. The first kappa shape index (κ1) is 23.0. The topological polar surface area (TPSA) is 26.3 Å². The molecule has 0 spiro atoms. The first-order valence-electron chi connectivity index (χ1n) is 11.4. The van der Waals surface area contributed by atoms with Crippen LogP contribution in [0.1, 0.15) is 12.5 Å². The molecule has 1 aliphatic rings. The molecule has 1 unspecified atom stereocenters. The summed E-state index contributed by atoms with van der Waals surface area (Å²) in [5.74, 6) is -0.163. The number of carbonyl (C=O) groups excluding carboxylic acids is 1. The Morgan fingerprint density at radius 3 is 1.53 bits per heavy atom. The summed E-state index contributed by atoms with van der Waals surface area (Å²) in [4.78, 5) is 12.8. The average molecular weight is 647 g/mol. The normalized spacial score (nSPS) is 16.5. The fourth-order valence-corrected chi connectivity index (χ4v) is 19.5. The molecule has 0 bridgehead atoms. The van der Waals surface area contributed by atoms with Gasteiger partial charge < -0.3 is 0 Å². The van der Waals surface area contributed by atoms with Crippen molar-refractivity contribution in [3.63, 3.8) is 0 Å². The van der Waals surface area contributed by atoms with Crippen molar-refractivity contribution in [2.24, 2.45) is 0 Å². The fourth-order valence-electron chi connectivity index (χ4n) is 4.37. The van der Waals surface area contributed by atoms with Gasteiger partial charge in [0.05, 0.1) is 0 Å². The predicted octanol–water partition coefficient (Wildman–Crippen LogP) is 5.15. The molecule has 0 N–H and O–H groups in total. The SMILES string of the molecule is CC1=[C]([Au][PH](c2ccccc2)(c2ccccc2)c2ccccc2)C(Cc2ccccc2)OC1=O. The minimum atomic E-state index is -2.41. The molecule has 0 saturated carbocycles. The van der Waals surface area contributed by atoms with E-state index in [0.29, 0.717) is 0 Å². The third-order valence-electron chi connectivity index (χ3n) is 6.05. The standard InChI is InChI=1S/C18H15P.C12H11O2.Au/c1-4-10-16(11-5-1)19(17-12-6-2-7-13-17)18-14-8-3-9-15-18;1-9-7-11(14-12(9)13)8-10-5-3-2-4-6-10;/h1-15H;2-6,11H,8H2,1H3;/q;;-1/p+1. The summed E-state index contributed by atoms with van der Waals surface area (Å²) in [5.41, 5.74) is 2.00. The number of esters is 1. The number of ether oxygens (including phenoxy) is 1. The van der Waals surface area contributed by atoms with Gasteiger partial charge in [-0.15, -0.1) is 0 Å². The number of rotatable bonds is 7. The van der Waals surface area contributed by atoms with E-state index in [1.807, 2.05) is 25.1 Å². The van der Waals surface area contributed by atoms with E-state index in [2.05, 4.69) is 103 Å². The molecule has 175 valence electrons. The molecule has 4 aromatic carbocycles. The van der Waals surface area contributed by atoms with Crippen molar-refractivity contribution in [3.8, 4) is 0 Å². The van der Waals surface area contributed by atoms with Crippen LogP contribution in [0.15, 0.2) is 131 Å². The Bertz CT molecular complexity index is 1190. The van der Waals surface area contributed by atoms with E-state index in [1.165, 1.54) is 25.3 Å². The van der Waals surface area contributed by atoms with Gasteiger partial charge in [0.15, 0.2) is 0 Å². The van der Waals surface area contributed by atoms with E-state index in [9.17, 15) is 4.79 Å². The molecule has 1 heterocycles. The van der Waals surface area contributed by atoms with Crippen LogP contribution in [0, 0.1) is 0 Å². The maximum absolute atomic E-state index is 12.8. The van der Waals surface area contributed by atoms with Crippen molar-refractivity contribution in [1.82, 2.24) is 0 Å². The fraction of sp³-hybridized carbons (Fsp3) is 0.100. The zero-order valence-electron chi connectivity index (χ0n) is 18.9. The molecule has 0 aliphatic carbocycles. The second-order valence-electron chi connectivity index (χ2n) is 8.29. The summed E-state index contributed by atoms with van der Waals surface area (Å²) in [7, 11) is 0. The Balaban J connectivity index is 1.68. The molecule has 0 saturated heterocycles. The van der Waals surface area contributed by atoms with Crippen molar-refractivity contribution in [3.05, 3.63) is 136 Å². The minimum absolute atomic E-state index is 0.163. The molecular formula is C30H27AuO2P. The van der Waals surface area contributed by atoms with Crippen LogP contribution >= 0.6 is 5.15 Å². The van der Waals surface area contributed by atoms with Crippen LogP contribution in [0.3, 0.4) is 0 Å².